The van der Waals surface area contributed by atoms with Crippen LogP contribution in [0.1, 0.15) is 64.4 Å². The molecular formula is C21H32N2O2. The summed E-state index contributed by atoms with van der Waals surface area (Å²) in [5.74, 6) is -0.686. The van der Waals surface area contributed by atoms with Crippen LogP contribution in [0.25, 0.3) is 0 Å². The molecule has 1 atom stereocenters. The van der Waals surface area contributed by atoms with Gasteiger partial charge in [-0.2, -0.15) is 0 Å². The van der Waals surface area contributed by atoms with Crippen LogP contribution in [0.2, 0.25) is 0 Å². The van der Waals surface area contributed by atoms with Crippen molar-refractivity contribution in [2.75, 3.05) is 18.0 Å². The number of benzene rings is 1. The molecule has 4 nitrogen and oxygen atoms in total. The summed E-state index contributed by atoms with van der Waals surface area (Å²) in [5, 5.41) is 2.97. The normalized spacial score (nSPS) is 14.2. The Morgan fingerprint density at radius 2 is 1.84 bits per heavy atom. The molecule has 0 radical (unpaired) electrons. The molecule has 138 valence electrons. The highest BCUT2D eigenvalue weighted by molar-refractivity contribution is 6.08. The second-order valence-corrected chi connectivity index (χ2v) is 6.92. The molecule has 0 aromatic heterocycles. The van der Waals surface area contributed by atoms with Crippen molar-refractivity contribution in [3.8, 4) is 0 Å². The summed E-state index contributed by atoms with van der Waals surface area (Å²) in [4.78, 5) is 27.6. The zero-order valence-corrected chi connectivity index (χ0v) is 15.7. The lowest BCUT2D eigenvalue weighted by Crippen LogP contribution is -2.43. The summed E-state index contributed by atoms with van der Waals surface area (Å²) < 4.78 is 0. The Balaban J connectivity index is 2.05. The lowest BCUT2D eigenvalue weighted by Gasteiger charge is -2.23. The Morgan fingerprint density at radius 1 is 1.08 bits per heavy atom. The summed E-state index contributed by atoms with van der Waals surface area (Å²) >= 11 is 0. The van der Waals surface area contributed by atoms with E-state index in [0.717, 1.165) is 50.6 Å². The predicted molar refractivity (Wildman–Crippen MR) is 103 cm³/mol. The van der Waals surface area contributed by atoms with E-state index in [9.17, 15) is 9.59 Å². The van der Waals surface area contributed by atoms with E-state index >= 15 is 0 Å². The van der Waals surface area contributed by atoms with Crippen molar-refractivity contribution in [1.82, 2.24) is 5.32 Å². The highest BCUT2D eigenvalue weighted by Gasteiger charge is 2.33. The molecule has 25 heavy (non-hydrogen) atoms. The monoisotopic (exact) mass is 344 g/mol. The van der Waals surface area contributed by atoms with Crippen LogP contribution < -0.4 is 10.2 Å². The molecular weight excluding hydrogens is 312 g/mol. The Morgan fingerprint density at radius 3 is 2.60 bits per heavy atom. The standard InChI is InChI=1S/C21H32N2O2/c1-3-5-7-8-12-18(20(24)22-15-6-4-2)21(25)23-16-14-17-11-9-10-13-19(17)23/h9-11,13,18H,3-8,12,14-16H2,1-2H3,(H,22,24). The van der Waals surface area contributed by atoms with Gasteiger partial charge in [0.2, 0.25) is 11.8 Å². The van der Waals surface area contributed by atoms with Crippen LogP contribution >= 0.6 is 0 Å². The fourth-order valence-corrected chi connectivity index (χ4v) is 3.41. The number of nitrogens with zero attached hydrogens (tertiary/aromatic N) is 1. The highest BCUT2D eigenvalue weighted by atomic mass is 16.2. The van der Waals surface area contributed by atoms with Gasteiger partial charge in [0.05, 0.1) is 0 Å². The maximum Gasteiger partial charge on any atom is 0.239 e. The number of anilines is 1. The Kier molecular flexibility index (Phi) is 7.96. The van der Waals surface area contributed by atoms with E-state index in [1.165, 1.54) is 5.56 Å². The third-order valence-electron chi connectivity index (χ3n) is 4.94. The molecule has 1 aromatic rings. The minimum Gasteiger partial charge on any atom is -0.355 e. The lowest BCUT2D eigenvalue weighted by molar-refractivity contribution is -0.134. The highest BCUT2D eigenvalue weighted by Crippen LogP contribution is 2.29. The van der Waals surface area contributed by atoms with Gasteiger partial charge >= 0.3 is 0 Å². The molecule has 0 bridgehead atoms. The molecule has 1 aliphatic heterocycles. The maximum absolute atomic E-state index is 13.1. The molecule has 0 saturated carbocycles. The van der Waals surface area contributed by atoms with Gasteiger partial charge in [-0.3, -0.25) is 9.59 Å². The van der Waals surface area contributed by atoms with Crippen molar-refractivity contribution in [3.05, 3.63) is 29.8 Å². The topological polar surface area (TPSA) is 49.4 Å². The first-order chi connectivity index (χ1) is 12.2. The molecule has 1 N–H and O–H groups in total. The number of carbonyl (C=O) groups is 2. The van der Waals surface area contributed by atoms with Crippen molar-refractivity contribution < 1.29 is 9.59 Å². The average Bonchev–Trinajstić information content (AvgIpc) is 3.05. The van der Waals surface area contributed by atoms with Gasteiger partial charge in [-0.15, -0.1) is 0 Å². The first kappa shape index (κ1) is 19.5. The Labute approximate surface area is 152 Å². The van der Waals surface area contributed by atoms with Gasteiger partial charge < -0.3 is 10.2 Å². The van der Waals surface area contributed by atoms with Crippen LogP contribution in [0.4, 0.5) is 5.69 Å². The minimum absolute atomic E-state index is 0.0320. The number of para-hydroxylation sites is 1. The number of rotatable bonds is 10. The van der Waals surface area contributed by atoms with Gasteiger partial charge in [0.25, 0.3) is 0 Å². The molecule has 1 heterocycles. The molecule has 1 aliphatic rings. The van der Waals surface area contributed by atoms with E-state index in [1.807, 2.05) is 23.1 Å². The molecule has 1 aromatic carbocycles. The third-order valence-corrected chi connectivity index (χ3v) is 4.94. The smallest absolute Gasteiger partial charge is 0.239 e. The van der Waals surface area contributed by atoms with E-state index in [2.05, 4.69) is 25.2 Å². The average molecular weight is 344 g/mol. The third kappa shape index (κ3) is 5.32. The molecule has 0 spiro atoms. The zero-order valence-electron chi connectivity index (χ0n) is 15.7. The van der Waals surface area contributed by atoms with Crippen LogP contribution in [0.5, 0.6) is 0 Å². The van der Waals surface area contributed by atoms with E-state index < -0.39 is 5.92 Å². The number of unbranched alkanes of at least 4 members (excludes halogenated alkanes) is 4. The summed E-state index contributed by atoms with van der Waals surface area (Å²) in [5.41, 5.74) is 2.18. The van der Waals surface area contributed by atoms with Crippen molar-refractivity contribution in [2.45, 2.75) is 65.2 Å². The Hall–Kier alpha value is -1.84. The van der Waals surface area contributed by atoms with E-state index in [1.54, 1.807) is 0 Å². The van der Waals surface area contributed by atoms with Crippen LogP contribution in [0, 0.1) is 5.92 Å². The summed E-state index contributed by atoms with van der Waals surface area (Å²) in [6, 6.07) is 8.03. The summed E-state index contributed by atoms with van der Waals surface area (Å²) in [6.45, 7) is 5.61. The minimum atomic E-state index is -0.556. The number of fused-ring (bicyclic) bond motifs is 1. The van der Waals surface area contributed by atoms with Crippen molar-refractivity contribution >= 4 is 17.5 Å². The fourth-order valence-electron chi connectivity index (χ4n) is 3.41. The van der Waals surface area contributed by atoms with Gasteiger partial charge in [-0.25, -0.2) is 0 Å². The molecule has 0 saturated heterocycles. The SMILES string of the molecule is CCCCCCC(C(=O)NCCCC)C(=O)N1CCc2ccccc21. The molecule has 2 rings (SSSR count). The van der Waals surface area contributed by atoms with Crippen LogP contribution in [-0.4, -0.2) is 24.9 Å². The second-order valence-electron chi connectivity index (χ2n) is 6.92. The lowest BCUT2D eigenvalue weighted by atomic mass is 9.98. The van der Waals surface area contributed by atoms with Crippen molar-refractivity contribution in [3.63, 3.8) is 0 Å². The first-order valence-electron chi connectivity index (χ1n) is 9.86. The van der Waals surface area contributed by atoms with Crippen LogP contribution in [-0.2, 0) is 16.0 Å². The molecule has 0 aliphatic carbocycles. The van der Waals surface area contributed by atoms with Gasteiger partial charge in [0.15, 0.2) is 0 Å². The fraction of sp³-hybridized carbons (Fsp3) is 0.619. The maximum atomic E-state index is 13.1. The van der Waals surface area contributed by atoms with E-state index in [-0.39, 0.29) is 11.8 Å². The number of hydrogen-bond acceptors (Lipinski definition) is 2. The Bertz CT molecular complexity index is 571. The van der Waals surface area contributed by atoms with Crippen molar-refractivity contribution in [2.24, 2.45) is 5.92 Å². The summed E-state index contributed by atoms with van der Waals surface area (Å²) in [7, 11) is 0. The van der Waals surface area contributed by atoms with Gasteiger partial charge in [0.1, 0.15) is 5.92 Å². The second kappa shape index (κ2) is 10.2. The van der Waals surface area contributed by atoms with E-state index in [0.29, 0.717) is 19.5 Å². The van der Waals surface area contributed by atoms with Gasteiger partial charge in [0, 0.05) is 18.8 Å². The van der Waals surface area contributed by atoms with Gasteiger partial charge in [-0.1, -0.05) is 64.2 Å². The number of hydrogen-bond donors (Lipinski definition) is 1. The molecule has 0 fully saturated rings. The van der Waals surface area contributed by atoms with Crippen molar-refractivity contribution in [1.29, 1.82) is 0 Å². The number of nitrogens with one attached hydrogen (secondary N) is 1. The number of carbonyl (C=O) groups excluding carboxylic acids is 2. The number of amides is 2. The quantitative estimate of drug-likeness (QED) is 0.513. The van der Waals surface area contributed by atoms with Crippen LogP contribution in [0.15, 0.2) is 24.3 Å². The van der Waals surface area contributed by atoms with E-state index in [4.69, 9.17) is 0 Å². The predicted octanol–water partition coefficient (Wildman–Crippen LogP) is 4.08. The summed E-state index contributed by atoms with van der Waals surface area (Å²) in [6.07, 6.45) is 7.84. The first-order valence-corrected chi connectivity index (χ1v) is 9.86. The molecule has 4 heteroatoms. The zero-order chi connectivity index (χ0) is 18.1. The molecule has 2 amide bonds. The van der Waals surface area contributed by atoms with Crippen LogP contribution in [0.3, 0.4) is 0 Å². The van der Waals surface area contributed by atoms with Gasteiger partial charge in [-0.05, 0) is 30.9 Å². The molecule has 1 unspecified atom stereocenters. The largest absolute Gasteiger partial charge is 0.355 e.